The van der Waals surface area contributed by atoms with Crippen molar-refractivity contribution in [2.45, 2.75) is 33.2 Å². The van der Waals surface area contributed by atoms with Gasteiger partial charge in [0, 0.05) is 27.9 Å². The number of amides is 2. The molecule has 1 heterocycles. The Bertz CT molecular complexity index is 1430. The highest BCUT2D eigenvalue weighted by molar-refractivity contribution is 6.11. The van der Waals surface area contributed by atoms with E-state index in [2.05, 4.69) is 10.6 Å². The predicted octanol–water partition coefficient (Wildman–Crippen LogP) is 5.55. The van der Waals surface area contributed by atoms with E-state index in [-0.39, 0.29) is 28.0 Å². The van der Waals surface area contributed by atoms with Gasteiger partial charge < -0.3 is 15.1 Å². The molecule has 0 saturated carbocycles. The van der Waals surface area contributed by atoms with Gasteiger partial charge in [-0.05, 0) is 64.1 Å². The minimum Gasteiger partial charge on any atom is -0.455 e. The Labute approximate surface area is 197 Å². The van der Waals surface area contributed by atoms with Crippen LogP contribution >= 0.6 is 0 Å². The van der Waals surface area contributed by atoms with E-state index in [1.54, 1.807) is 49.4 Å². The summed E-state index contributed by atoms with van der Waals surface area (Å²) >= 11 is 0. The van der Waals surface area contributed by atoms with Gasteiger partial charge in [-0.2, -0.15) is 0 Å². The first-order valence-electron chi connectivity index (χ1n) is 11.0. The Morgan fingerprint density at radius 3 is 2.15 bits per heavy atom. The summed E-state index contributed by atoms with van der Waals surface area (Å²) in [6.07, 6.45) is 0. The Kier molecular flexibility index (Phi) is 6.07. The molecule has 0 bridgehead atoms. The summed E-state index contributed by atoms with van der Waals surface area (Å²) in [6, 6.07) is 20.9. The predicted molar refractivity (Wildman–Crippen MR) is 134 cm³/mol. The number of benzene rings is 3. The van der Waals surface area contributed by atoms with Crippen molar-refractivity contribution in [1.29, 1.82) is 0 Å². The number of para-hydroxylation sites is 1. The summed E-state index contributed by atoms with van der Waals surface area (Å²) in [5.74, 6) is -0.166. The van der Waals surface area contributed by atoms with E-state index in [9.17, 15) is 14.4 Å². The van der Waals surface area contributed by atoms with Crippen molar-refractivity contribution in [3.05, 3.63) is 99.7 Å². The molecule has 0 fully saturated rings. The van der Waals surface area contributed by atoms with Gasteiger partial charge in [0.15, 0.2) is 11.0 Å². The smallest absolute Gasteiger partial charge is 0.259 e. The maximum atomic E-state index is 13.1. The monoisotopic (exact) mass is 454 g/mol. The largest absolute Gasteiger partial charge is 0.455 e. The molecule has 0 radical (unpaired) electrons. The Hall–Kier alpha value is -4.19. The van der Waals surface area contributed by atoms with E-state index in [0.717, 1.165) is 5.56 Å². The van der Waals surface area contributed by atoms with Gasteiger partial charge in [-0.15, -0.1) is 0 Å². The highest BCUT2D eigenvalue weighted by Crippen LogP contribution is 2.27. The number of nitrogens with one attached hydrogen (secondary N) is 2. The molecule has 0 aliphatic heterocycles. The second-order valence-electron chi connectivity index (χ2n) is 9.17. The van der Waals surface area contributed by atoms with Crippen LogP contribution in [0.4, 0.5) is 5.69 Å². The fourth-order valence-electron chi connectivity index (χ4n) is 3.67. The van der Waals surface area contributed by atoms with E-state index in [4.69, 9.17) is 4.42 Å². The first-order valence-corrected chi connectivity index (χ1v) is 11.0. The number of carbonyl (C=O) groups excluding carboxylic acids is 2. The number of anilines is 1. The average Bonchev–Trinajstić information content (AvgIpc) is 2.81. The molecule has 0 aliphatic carbocycles. The van der Waals surface area contributed by atoms with Crippen molar-refractivity contribution in [3.63, 3.8) is 0 Å². The zero-order chi connectivity index (χ0) is 24.5. The Morgan fingerprint density at radius 1 is 0.824 bits per heavy atom. The molecule has 0 unspecified atom stereocenters. The van der Waals surface area contributed by atoms with Crippen LogP contribution in [0.3, 0.4) is 0 Å². The zero-order valence-corrected chi connectivity index (χ0v) is 19.6. The van der Waals surface area contributed by atoms with Gasteiger partial charge in [0.2, 0.25) is 0 Å². The standard InChI is InChI=1S/C28H26N2O4/c1-17-23(31)21-11-8-12-22(25(21)34-24(17)18-9-6-5-7-10-18)27(33)29-20-15-13-19(14-16-20)26(32)30-28(2,3)4/h5-16H,1-4H3,(H,29,33)(H,30,32). The third kappa shape index (κ3) is 4.76. The van der Waals surface area contributed by atoms with E-state index >= 15 is 0 Å². The lowest BCUT2D eigenvalue weighted by molar-refractivity contribution is 0.0919. The molecule has 0 spiro atoms. The minimum atomic E-state index is -0.413. The molecular formula is C28H26N2O4. The second-order valence-corrected chi connectivity index (χ2v) is 9.17. The van der Waals surface area contributed by atoms with Crippen LogP contribution in [0.15, 0.2) is 82.0 Å². The normalized spacial score (nSPS) is 11.3. The van der Waals surface area contributed by atoms with Gasteiger partial charge in [0.1, 0.15) is 5.76 Å². The van der Waals surface area contributed by atoms with Gasteiger partial charge in [-0.3, -0.25) is 14.4 Å². The Balaban J connectivity index is 1.66. The lowest BCUT2D eigenvalue weighted by Crippen LogP contribution is -2.40. The molecular weight excluding hydrogens is 428 g/mol. The van der Waals surface area contributed by atoms with Gasteiger partial charge in [0.25, 0.3) is 11.8 Å². The molecule has 4 aromatic rings. The second kappa shape index (κ2) is 8.98. The highest BCUT2D eigenvalue weighted by atomic mass is 16.3. The molecule has 2 amide bonds. The van der Waals surface area contributed by atoms with Crippen molar-refractivity contribution >= 4 is 28.5 Å². The van der Waals surface area contributed by atoms with E-state index < -0.39 is 5.91 Å². The fraction of sp³-hybridized carbons (Fsp3) is 0.179. The molecule has 34 heavy (non-hydrogen) atoms. The van der Waals surface area contributed by atoms with Crippen LogP contribution < -0.4 is 16.1 Å². The van der Waals surface area contributed by atoms with Crippen LogP contribution in [-0.4, -0.2) is 17.4 Å². The first-order chi connectivity index (χ1) is 16.1. The summed E-state index contributed by atoms with van der Waals surface area (Å²) < 4.78 is 6.13. The van der Waals surface area contributed by atoms with Crippen molar-refractivity contribution in [3.8, 4) is 11.3 Å². The van der Waals surface area contributed by atoms with E-state index in [1.807, 2.05) is 51.1 Å². The van der Waals surface area contributed by atoms with Crippen molar-refractivity contribution < 1.29 is 14.0 Å². The summed E-state index contributed by atoms with van der Waals surface area (Å²) in [5.41, 5.74) is 2.22. The Morgan fingerprint density at radius 2 is 1.50 bits per heavy atom. The van der Waals surface area contributed by atoms with Gasteiger partial charge >= 0.3 is 0 Å². The van der Waals surface area contributed by atoms with Crippen LogP contribution in [0.25, 0.3) is 22.3 Å². The number of fused-ring (bicyclic) bond motifs is 1. The molecule has 3 aromatic carbocycles. The highest BCUT2D eigenvalue weighted by Gasteiger charge is 2.19. The molecule has 0 saturated heterocycles. The lowest BCUT2D eigenvalue weighted by atomic mass is 10.0. The van der Waals surface area contributed by atoms with E-state index in [0.29, 0.717) is 28.0 Å². The van der Waals surface area contributed by atoms with Crippen molar-refractivity contribution in [2.75, 3.05) is 5.32 Å². The summed E-state index contributed by atoms with van der Waals surface area (Å²) in [5, 5.41) is 6.07. The summed E-state index contributed by atoms with van der Waals surface area (Å²) in [7, 11) is 0. The number of hydrogen-bond donors (Lipinski definition) is 2. The quantitative estimate of drug-likeness (QED) is 0.423. The van der Waals surface area contributed by atoms with Crippen LogP contribution in [0.2, 0.25) is 0 Å². The van der Waals surface area contributed by atoms with Crippen LogP contribution in [0, 0.1) is 6.92 Å². The van der Waals surface area contributed by atoms with E-state index in [1.165, 1.54) is 0 Å². The van der Waals surface area contributed by atoms with Crippen molar-refractivity contribution in [2.24, 2.45) is 0 Å². The number of carbonyl (C=O) groups is 2. The van der Waals surface area contributed by atoms with Gasteiger partial charge in [-0.25, -0.2) is 0 Å². The summed E-state index contributed by atoms with van der Waals surface area (Å²) in [6.45, 7) is 7.45. The average molecular weight is 455 g/mol. The van der Waals surface area contributed by atoms with Crippen LogP contribution in [0.5, 0.6) is 0 Å². The molecule has 0 atom stereocenters. The third-order valence-corrected chi connectivity index (χ3v) is 5.32. The topological polar surface area (TPSA) is 88.4 Å². The van der Waals surface area contributed by atoms with Gasteiger partial charge in [0.05, 0.1) is 10.9 Å². The first kappa shape index (κ1) is 23.0. The maximum absolute atomic E-state index is 13.1. The minimum absolute atomic E-state index is 0.177. The molecule has 6 heteroatoms. The van der Waals surface area contributed by atoms with Crippen molar-refractivity contribution in [1.82, 2.24) is 5.32 Å². The molecule has 172 valence electrons. The molecule has 1 aromatic heterocycles. The maximum Gasteiger partial charge on any atom is 0.259 e. The summed E-state index contributed by atoms with van der Waals surface area (Å²) in [4.78, 5) is 38.5. The van der Waals surface area contributed by atoms with Gasteiger partial charge in [-0.1, -0.05) is 36.4 Å². The third-order valence-electron chi connectivity index (χ3n) is 5.32. The molecule has 0 aliphatic rings. The molecule has 2 N–H and O–H groups in total. The molecule has 4 rings (SSSR count). The number of rotatable bonds is 4. The SMILES string of the molecule is Cc1c(-c2ccccc2)oc2c(C(=O)Nc3ccc(C(=O)NC(C)(C)C)cc3)cccc2c1=O. The zero-order valence-electron chi connectivity index (χ0n) is 19.6. The van der Waals surface area contributed by atoms with Crippen LogP contribution in [-0.2, 0) is 0 Å². The lowest BCUT2D eigenvalue weighted by Gasteiger charge is -2.20. The number of hydrogen-bond acceptors (Lipinski definition) is 4. The molecule has 6 nitrogen and oxygen atoms in total. The van der Waals surface area contributed by atoms with Crippen LogP contribution in [0.1, 0.15) is 47.1 Å². The fourth-order valence-corrected chi connectivity index (χ4v) is 3.67.